The minimum absolute atomic E-state index is 0.225. The molecule has 2 heteroatoms. The molecule has 0 saturated carbocycles. The van der Waals surface area contributed by atoms with Crippen LogP contribution in [0, 0.1) is 17.3 Å². The van der Waals surface area contributed by atoms with Gasteiger partial charge in [0.25, 0.3) is 0 Å². The molecule has 100 valence electrons. The number of Topliss-reactive ketones (excluding diaryl/α,β-unsaturated/α-hetero) is 1. The largest absolute Gasteiger partial charge is 0.294 e. The lowest BCUT2D eigenvalue weighted by atomic mass is 9.56. The summed E-state index contributed by atoms with van der Waals surface area (Å²) in [5.74, 6) is 0.838. The predicted molar refractivity (Wildman–Crippen MR) is 80.2 cm³/mol. The highest BCUT2D eigenvalue weighted by molar-refractivity contribution is 6.20. The Hall–Kier alpha value is -1.96. The molecule has 20 heavy (non-hydrogen) atoms. The average molecular weight is 263 g/mol. The number of hydrogen-bond donors (Lipinski definition) is 0. The Morgan fingerprint density at radius 3 is 2.85 bits per heavy atom. The Labute approximate surface area is 118 Å². The van der Waals surface area contributed by atoms with Gasteiger partial charge >= 0.3 is 0 Å². The predicted octanol–water partition coefficient (Wildman–Crippen LogP) is 3.44. The number of ketones is 1. The molecule has 0 amide bonds. The van der Waals surface area contributed by atoms with E-state index in [1.807, 2.05) is 30.3 Å². The van der Waals surface area contributed by atoms with Crippen molar-refractivity contribution in [3.63, 3.8) is 0 Å². The molecule has 0 aromatic heterocycles. The van der Waals surface area contributed by atoms with Crippen molar-refractivity contribution in [2.45, 2.75) is 13.3 Å². The number of nitrogens with zero attached hydrogens (tertiary/aromatic N) is 1. The lowest BCUT2D eigenvalue weighted by Gasteiger charge is -2.44. The van der Waals surface area contributed by atoms with Gasteiger partial charge in [0.2, 0.25) is 0 Å². The number of carbonyl (C=O) groups excluding carboxylic acids is 1. The molecule has 0 fully saturated rings. The van der Waals surface area contributed by atoms with Gasteiger partial charge in [-0.25, -0.2) is 0 Å². The molecule has 0 bridgehead atoms. The van der Waals surface area contributed by atoms with Crippen LogP contribution in [-0.2, 0) is 0 Å². The molecule has 4 rings (SSSR count). The fourth-order valence-electron chi connectivity index (χ4n) is 4.18. The maximum absolute atomic E-state index is 13.0. The number of carbonyl (C=O) groups is 1. The molecule has 3 atom stereocenters. The fraction of sp³-hybridized carbons (Fsp3) is 0.333. The third-order valence-electron chi connectivity index (χ3n) is 5.23. The summed E-state index contributed by atoms with van der Waals surface area (Å²) in [4.78, 5) is 17.8. The van der Waals surface area contributed by atoms with Crippen molar-refractivity contribution in [1.29, 1.82) is 0 Å². The first-order valence-corrected chi connectivity index (χ1v) is 7.18. The summed E-state index contributed by atoms with van der Waals surface area (Å²) in [6.45, 7) is 6.82. The molecule has 1 aliphatic heterocycles. The minimum Gasteiger partial charge on any atom is -0.294 e. The van der Waals surface area contributed by atoms with Crippen LogP contribution in [0.25, 0.3) is 0 Å². The number of hydrogen-bond acceptors (Lipinski definition) is 2. The topological polar surface area (TPSA) is 29.4 Å². The van der Waals surface area contributed by atoms with Crippen molar-refractivity contribution in [3.05, 3.63) is 59.7 Å². The normalized spacial score (nSPS) is 34.0. The van der Waals surface area contributed by atoms with Crippen molar-refractivity contribution in [2.75, 3.05) is 6.54 Å². The van der Waals surface area contributed by atoms with Crippen molar-refractivity contribution in [1.82, 2.24) is 0 Å². The van der Waals surface area contributed by atoms with E-state index >= 15 is 0 Å². The molecule has 0 unspecified atom stereocenters. The lowest BCUT2D eigenvalue weighted by Crippen LogP contribution is -2.48. The van der Waals surface area contributed by atoms with E-state index in [-0.39, 0.29) is 17.1 Å². The van der Waals surface area contributed by atoms with Crippen molar-refractivity contribution in [2.24, 2.45) is 22.2 Å². The highest BCUT2D eigenvalue weighted by Gasteiger charge is 2.55. The number of rotatable bonds is 1. The van der Waals surface area contributed by atoms with Gasteiger partial charge in [0.05, 0.1) is 0 Å². The summed E-state index contributed by atoms with van der Waals surface area (Å²) in [5.41, 5.74) is 3.97. The summed E-state index contributed by atoms with van der Waals surface area (Å²) in [6.07, 6.45) is 4.92. The smallest absolute Gasteiger partial charge is 0.170 e. The van der Waals surface area contributed by atoms with Gasteiger partial charge in [-0.15, -0.1) is 0 Å². The standard InChI is InChI=1S/C18H17NO/c1-3-11-8-9-18(2)15-14(11)10-19-16(15)12-6-4-5-7-13(12)17(18)20/h3-8,14-15H,1,9-10H2,2H3/t14-,15+,18+/m1/s1. The maximum atomic E-state index is 13.0. The zero-order valence-electron chi connectivity index (χ0n) is 11.6. The Bertz CT molecular complexity index is 697. The zero-order valence-corrected chi connectivity index (χ0v) is 11.6. The quantitative estimate of drug-likeness (QED) is 0.763. The summed E-state index contributed by atoms with van der Waals surface area (Å²) < 4.78 is 0. The fourth-order valence-corrected chi connectivity index (χ4v) is 4.18. The monoisotopic (exact) mass is 263 g/mol. The number of benzene rings is 1. The van der Waals surface area contributed by atoms with Gasteiger partial charge in [0.15, 0.2) is 5.78 Å². The van der Waals surface area contributed by atoms with Crippen LogP contribution in [-0.4, -0.2) is 18.0 Å². The molecule has 1 aromatic carbocycles. The summed E-state index contributed by atoms with van der Waals surface area (Å²) >= 11 is 0. The van der Waals surface area contributed by atoms with E-state index in [1.165, 1.54) is 5.57 Å². The van der Waals surface area contributed by atoms with E-state index < -0.39 is 0 Å². The van der Waals surface area contributed by atoms with Gasteiger partial charge in [-0.05, 0) is 12.0 Å². The van der Waals surface area contributed by atoms with E-state index in [4.69, 9.17) is 4.99 Å². The highest BCUT2D eigenvalue weighted by Crippen LogP contribution is 2.53. The van der Waals surface area contributed by atoms with E-state index in [0.717, 1.165) is 29.8 Å². The molecule has 0 spiro atoms. The van der Waals surface area contributed by atoms with Gasteiger partial charge in [0.1, 0.15) is 0 Å². The van der Waals surface area contributed by atoms with Gasteiger partial charge in [-0.1, -0.05) is 49.9 Å². The van der Waals surface area contributed by atoms with Crippen LogP contribution in [0.4, 0.5) is 0 Å². The number of allylic oxidation sites excluding steroid dienone is 2. The van der Waals surface area contributed by atoms with Crippen LogP contribution >= 0.6 is 0 Å². The first-order chi connectivity index (χ1) is 9.66. The zero-order chi connectivity index (χ0) is 13.9. The third kappa shape index (κ3) is 1.24. The Balaban J connectivity index is 1.97. The molecule has 1 heterocycles. The second kappa shape index (κ2) is 3.78. The van der Waals surface area contributed by atoms with Crippen LogP contribution in [0.15, 0.2) is 53.6 Å². The Morgan fingerprint density at radius 1 is 1.35 bits per heavy atom. The number of fused-ring (bicyclic) bond motifs is 2. The van der Waals surface area contributed by atoms with Crippen molar-refractivity contribution >= 4 is 11.5 Å². The first-order valence-electron chi connectivity index (χ1n) is 7.18. The van der Waals surface area contributed by atoms with Gasteiger partial charge in [-0.3, -0.25) is 9.79 Å². The van der Waals surface area contributed by atoms with E-state index in [1.54, 1.807) is 0 Å². The second-order valence-electron chi connectivity index (χ2n) is 6.21. The van der Waals surface area contributed by atoms with Crippen LogP contribution in [0.1, 0.15) is 29.3 Å². The van der Waals surface area contributed by atoms with Gasteiger partial charge in [0, 0.05) is 40.6 Å². The van der Waals surface area contributed by atoms with E-state index in [9.17, 15) is 4.79 Å². The molecule has 0 radical (unpaired) electrons. The van der Waals surface area contributed by atoms with Crippen LogP contribution in [0.3, 0.4) is 0 Å². The SMILES string of the molecule is C=CC1=CC[C@]2(C)C(=O)c3ccccc3C3=NC[C@H]1[C@@H]32. The molecule has 2 nitrogen and oxygen atoms in total. The molecule has 3 aliphatic rings. The molecule has 0 saturated heterocycles. The Morgan fingerprint density at radius 2 is 2.10 bits per heavy atom. The van der Waals surface area contributed by atoms with Gasteiger partial charge in [-0.2, -0.15) is 0 Å². The Kier molecular flexibility index (Phi) is 2.24. The molecule has 1 aromatic rings. The third-order valence-corrected chi connectivity index (χ3v) is 5.23. The van der Waals surface area contributed by atoms with Crippen LogP contribution in [0.5, 0.6) is 0 Å². The molecule has 0 N–H and O–H groups in total. The molecule has 2 aliphatic carbocycles. The first kappa shape index (κ1) is 11.8. The lowest BCUT2D eigenvalue weighted by molar-refractivity contribution is 0.0715. The maximum Gasteiger partial charge on any atom is 0.170 e. The van der Waals surface area contributed by atoms with E-state index in [2.05, 4.69) is 19.6 Å². The van der Waals surface area contributed by atoms with Crippen molar-refractivity contribution in [3.8, 4) is 0 Å². The second-order valence-corrected chi connectivity index (χ2v) is 6.21. The van der Waals surface area contributed by atoms with Crippen molar-refractivity contribution < 1.29 is 4.79 Å². The summed E-state index contributed by atoms with van der Waals surface area (Å²) in [7, 11) is 0. The van der Waals surface area contributed by atoms with Crippen LogP contribution < -0.4 is 0 Å². The molecular weight excluding hydrogens is 246 g/mol. The summed E-state index contributed by atoms with van der Waals surface area (Å²) in [5, 5.41) is 0. The molecular formula is C18H17NO. The number of aliphatic imine (C=N–C) groups is 1. The minimum atomic E-state index is -0.332. The van der Waals surface area contributed by atoms with Crippen LogP contribution in [0.2, 0.25) is 0 Å². The highest BCUT2D eigenvalue weighted by atomic mass is 16.1. The average Bonchev–Trinajstić information content (AvgIpc) is 2.92. The van der Waals surface area contributed by atoms with Gasteiger partial charge < -0.3 is 0 Å². The summed E-state index contributed by atoms with van der Waals surface area (Å²) in [6, 6.07) is 7.93. The van der Waals surface area contributed by atoms with E-state index in [0.29, 0.717) is 5.92 Å².